The maximum absolute atomic E-state index is 12.0. The van der Waals surface area contributed by atoms with Crippen molar-refractivity contribution in [3.05, 3.63) is 0 Å². The molecule has 0 aromatic carbocycles. The second-order valence-corrected chi connectivity index (χ2v) is 18.7. The van der Waals surface area contributed by atoms with E-state index in [1.54, 1.807) is 27.7 Å². The molecule has 2 spiro atoms. The van der Waals surface area contributed by atoms with Gasteiger partial charge in [-0.3, -0.25) is 14.5 Å². The summed E-state index contributed by atoms with van der Waals surface area (Å²) in [6.45, 7) is 17.4. The lowest BCUT2D eigenvalue weighted by molar-refractivity contribution is -0.251. The van der Waals surface area contributed by atoms with Crippen molar-refractivity contribution in [1.82, 2.24) is 4.90 Å². The number of esters is 1. The van der Waals surface area contributed by atoms with Crippen LogP contribution in [0, 0.1) is 45.3 Å². The van der Waals surface area contributed by atoms with Gasteiger partial charge in [-0.05, 0) is 137 Å². The van der Waals surface area contributed by atoms with Crippen molar-refractivity contribution < 1.29 is 38.7 Å². The first-order valence-corrected chi connectivity index (χ1v) is 18.7. The summed E-state index contributed by atoms with van der Waals surface area (Å²) in [5, 5.41) is 20.7. The molecule has 2 heterocycles. The molecular formula is C38H61NO8. The minimum absolute atomic E-state index is 0.0181. The zero-order chi connectivity index (χ0) is 33.9. The van der Waals surface area contributed by atoms with Crippen LogP contribution < -0.4 is 0 Å². The highest BCUT2D eigenvalue weighted by Gasteiger charge is 2.80. The Labute approximate surface area is 281 Å². The van der Waals surface area contributed by atoms with Crippen LogP contribution in [0.4, 0.5) is 0 Å². The largest absolute Gasteiger partial charge is 0.480 e. The van der Waals surface area contributed by atoms with E-state index in [1.165, 1.54) is 45.4 Å². The normalized spacial score (nSPS) is 46.6. The van der Waals surface area contributed by atoms with E-state index in [1.807, 2.05) is 4.90 Å². The summed E-state index contributed by atoms with van der Waals surface area (Å²) in [5.74, 6) is 1.33. The number of nitrogens with zero attached hydrogens (tertiary/aromatic N) is 1. The molecule has 12 atom stereocenters. The number of carbonyl (C=O) groups excluding carboxylic acids is 1. The number of rotatable bonds is 7. The van der Waals surface area contributed by atoms with E-state index < -0.39 is 29.5 Å². The fraction of sp³-hybridized carbons (Fsp3) is 0.947. The first-order chi connectivity index (χ1) is 21.9. The van der Waals surface area contributed by atoms with Gasteiger partial charge in [0.25, 0.3) is 0 Å². The van der Waals surface area contributed by atoms with Crippen LogP contribution in [-0.4, -0.2) is 88.6 Å². The molecule has 9 unspecified atom stereocenters. The Morgan fingerprint density at radius 2 is 1.66 bits per heavy atom. The molecule has 5 saturated carbocycles. The number of hydrogen-bond donors (Lipinski definition) is 2. The summed E-state index contributed by atoms with van der Waals surface area (Å²) >= 11 is 0. The predicted molar refractivity (Wildman–Crippen MR) is 175 cm³/mol. The van der Waals surface area contributed by atoms with Gasteiger partial charge in [-0.25, -0.2) is 0 Å². The molecule has 0 aromatic heterocycles. The molecular weight excluding hydrogens is 598 g/mol. The smallest absolute Gasteiger partial charge is 0.323 e. The van der Waals surface area contributed by atoms with Crippen LogP contribution in [0.2, 0.25) is 0 Å². The van der Waals surface area contributed by atoms with Crippen LogP contribution in [0.3, 0.4) is 0 Å². The van der Waals surface area contributed by atoms with Crippen LogP contribution in [0.5, 0.6) is 0 Å². The molecule has 2 N–H and O–H groups in total. The third-order valence-electron chi connectivity index (χ3n) is 15.5. The Morgan fingerprint density at radius 3 is 2.34 bits per heavy atom. The molecule has 5 aliphatic carbocycles. The maximum atomic E-state index is 12.0. The molecule has 0 amide bonds. The van der Waals surface area contributed by atoms with Crippen molar-refractivity contribution >= 4 is 11.9 Å². The topological polar surface area (TPSA) is 115 Å². The van der Waals surface area contributed by atoms with Crippen LogP contribution >= 0.6 is 0 Å². The summed E-state index contributed by atoms with van der Waals surface area (Å²) in [4.78, 5) is 25.9. The molecule has 7 rings (SSSR count). The number of aliphatic carboxylic acids is 1. The Hall–Kier alpha value is -1.26. The van der Waals surface area contributed by atoms with E-state index in [0.717, 1.165) is 31.6 Å². The standard InChI is InChI=1S/C38H61NO8/c1-22(40)45-31(35(6,7)43)26-11-9-24-27(46-26)19-25-23-10-12-28-33(2,3)29(13-14-38(28)21-37(23,38)16-15-36(24,25)8)47-30-20-39(17-18-44-30)34(4,5)32(41)42/h23-31,43H,9-21H2,1-8H3,(H,41,42)/t23?,24?,25?,26?,27?,28?,29-,30?,31-,36?,37-,38?/m0/s1. The molecule has 0 bridgehead atoms. The van der Waals surface area contributed by atoms with Gasteiger partial charge in [0.1, 0.15) is 5.54 Å². The summed E-state index contributed by atoms with van der Waals surface area (Å²) in [6, 6.07) is 0. The molecule has 9 nitrogen and oxygen atoms in total. The van der Waals surface area contributed by atoms with Gasteiger partial charge in [0.2, 0.25) is 0 Å². The zero-order valence-corrected chi connectivity index (χ0v) is 30.2. The Bertz CT molecular complexity index is 1260. The highest BCUT2D eigenvalue weighted by Crippen LogP contribution is 2.87. The molecule has 9 heteroatoms. The van der Waals surface area contributed by atoms with Crippen molar-refractivity contribution in [2.75, 3.05) is 19.7 Å². The lowest BCUT2D eigenvalue weighted by Gasteiger charge is -2.60. The van der Waals surface area contributed by atoms with E-state index in [4.69, 9.17) is 18.9 Å². The van der Waals surface area contributed by atoms with Crippen molar-refractivity contribution in [1.29, 1.82) is 0 Å². The minimum atomic E-state index is -1.16. The molecule has 266 valence electrons. The molecule has 7 aliphatic rings. The summed E-state index contributed by atoms with van der Waals surface area (Å²) in [5.41, 5.74) is -0.999. The van der Waals surface area contributed by atoms with E-state index in [2.05, 4.69) is 20.8 Å². The Kier molecular flexibility index (Phi) is 8.09. The highest BCUT2D eigenvalue weighted by atomic mass is 16.7. The van der Waals surface area contributed by atoms with Gasteiger partial charge in [0, 0.05) is 13.5 Å². The number of carboxylic acids is 1. The first-order valence-electron chi connectivity index (χ1n) is 18.7. The molecule has 2 saturated heterocycles. The molecule has 2 aliphatic heterocycles. The molecule has 7 fully saturated rings. The fourth-order valence-electron chi connectivity index (χ4n) is 13.1. The Balaban J connectivity index is 1.05. The maximum Gasteiger partial charge on any atom is 0.323 e. The van der Waals surface area contributed by atoms with E-state index in [9.17, 15) is 19.8 Å². The zero-order valence-electron chi connectivity index (χ0n) is 30.2. The van der Waals surface area contributed by atoms with Crippen molar-refractivity contribution in [2.24, 2.45) is 45.3 Å². The third kappa shape index (κ3) is 5.09. The van der Waals surface area contributed by atoms with Crippen LogP contribution in [0.1, 0.15) is 120 Å². The molecule has 47 heavy (non-hydrogen) atoms. The number of carboxylic acid groups (broad SMARTS) is 1. The monoisotopic (exact) mass is 659 g/mol. The lowest BCUT2D eigenvalue weighted by Crippen LogP contribution is -2.59. The second-order valence-electron chi connectivity index (χ2n) is 18.7. The molecule has 0 radical (unpaired) electrons. The molecule has 0 aromatic rings. The second kappa shape index (κ2) is 11.1. The third-order valence-corrected chi connectivity index (χ3v) is 15.5. The van der Waals surface area contributed by atoms with Gasteiger partial charge in [-0.15, -0.1) is 0 Å². The summed E-state index contributed by atoms with van der Waals surface area (Å²) < 4.78 is 25.4. The predicted octanol–water partition coefficient (Wildman–Crippen LogP) is 5.80. The number of morpholine rings is 1. The van der Waals surface area contributed by atoms with Crippen LogP contribution in [0.25, 0.3) is 0 Å². The summed E-state index contributed by atoms with van der Waals surface area (Å²) in [6.07, 6.45) is 10.6. The van der Waals surface area contributed by atoms with Crippen molar-refractivity contribution in [2.45, 2.75) is 161 Å². The fourth-order valence-corrected chi connectivity index (χ4v) is 13.1. The average molecular weight is 660 g/mol. The van der Waals surface area contributed by atoms with Gasteiger partial charge < -0.3 is 29.2 Å². The van der Waals surface area contributed by atoms with Crippen LogP contribution in [0.15, 0.2) is 0 Å². The quantitative estimate of drug-likeness (QED) is 0.327. The lowest BCUT2D eigenvalue weighted by atomic mass is 9.46. The van der Waals surface area contributed by atoms with Crippen molar-refractivity contribution in [3.63, 3.8) is 0 Å². The van der Waals surface area contributed by atoms with Gasteiger partial charge in [-0.2, -0.15) is 0 Å². The number of carbonyl (C=O) groups is 2. The SMILES string of the molecule is CC(=O)O[C@@H](C1CCC2C(CC3C4CCC5C(C)(C)[C@@H](OC6CN(C(C)(C)C(=O)O)CCO6)CCC56C[C@@]46CCC23C)O1)C(C)(C)O. The first kappa shape index (κ1) is 34.2. The van der Waals surface area contributed by atoms with Gasteiger partial charge >= 0.3 is 11.9 Å². The van der Waals surface area contributed by atoms with Crippen LogP contribution in [-0.2, 0) is 28.5 Å². The number of hydrogen-bond acceptors (Lipinski definition) is 8. The van der Waals surface area contributed by atoms with E-state index in [-0.39, 0.29) is 35.1 Å². The summed E-state index contributed by atoms with van der Waals surface area (Å²) in [7, 11) is 0. The number of aliphatic hydroxyl groups is 1. The Morgan fingerprint density at radius 1 is 0.936 bits per heavy atom. The highest BCUT2D eigenvalue weighted by molar-refractivity contribution is 5.77. The number of fused-ring (bicyclic) bond motifs is 4. The van der Waals surface area contributed by atoms with E-state index >= 15 is 0 Å². The van der Waals surface area contributed by atoms with Gasteiger partial charge in [-0.1, -0.05) is 20.8 Å². The van der Waals surface area contributed by atoms with Crippen molar-refractivity contribution in [3.8, 4) is 0 Å². The average Bonchev–Trinajstić information content (AvgIpc) is 3.56. The van der Waals surface area contributed by atoms with E-state index in [0.29, 0.717) is 48.3 Å². The van der Waals surface area contributed by atoms with Gasteiger partial charge in [0.05, 0.1) is 37.1 Å². The minimum Gasteiger partial charge on any atom is -0.480 e. The number of ether oxygens (including phenoxy) is 4. The van der Waals surface area contributed by atoms with Gasteiger partial charge in [0.15, 0.2) is 12.4 Å².